The van der Waals surface area contributed by atoms with E-state index < -0.39 is 0 Å². The average Bonchev–Trinajstić information content (AvgIpc) is 3.13. The zero-order valence-corrected chi connectivity index (χ0v) is 15.8. The van der Waals surface area contributed by atoms with E-state index in [1.54, 1.807) is 26.4 Å². The molecule has 0 saturated carbocycles. The smallest absolute Gasteiger partial charge is 0.264 e. The summed E-state index contributed by atoms with van der Waals surface area (Å²) in [6, 6.07) is 14.9. The fraction of sp³-hybridized carbons (Fsp3) is 0.211. The number of hydrogen-bond acceptors (Lipinski definition) is 7. The first kappa shape index (κ1) is 18.7. The van der Waals surface area contributed by atoms with Crippen molar-refractivity contribution in [2.75, 3.05) is 26.1 Å². The van der Waals surface area contributed by atoms with Crippen LogP contribution in [0.4, 0.5) is 5.13 Å². The molecule has 0 aliphatic carbocycles. The molecule has 0 spiro atoms. The highest BCUT2D eigenvalue weighted by Gasteiger charge is 2.11. The first-order valence-corrected chi connectivity index (χ1v) is 9.00. The van der Waals surface area contributed by atoms with Gasteiger partial charge in [0.15, 0.2) is 18.1 Å². The van der Waals surface area contributed by atoms with E-state index in [0.717, 1.165) is 16.3 Å². The second-order valence-corrected chi connectivity index (χ2v) is 6.58. The van der Waals surface area contributed by atoms with E-state index in [1.807, 2.05) is 36.4 Å². The van der Waals surface area contributed by atoms with Gasteiger partial charge >= 0.3 is 0 Å². The Morgan fingerprint density at radius 3 is 2.44 bits per heavy atom. The molecule has 0 aliphatic rings. The van der Waals surface area contributed by atoms with Crippen molar-refractivity contribution in [3.8, 4) is 17.2 Å². The Morgan fingerprint density at radius 1 is 1.00 bits per heavy atom. The Kier molecular flexibility index (Phi) is 6.22. The quantitative estimate of drug-likeness (QED) is 0.641. The molecule has 0 radical (unpaired) electrons. The molecule has 27 heavy (non-hydrogen) atoms. The number of anilines is 1. The molecule has 0 fully saturated rings. The van der Waals surface area contributed by atoms with E-state index in [1.165, 1.54) is 11.3 Å². The third-order valence-corrected chi connectivity index (χ3v) is 4.49. The summed E-state index contributed by atoms with van der Waals surface area (Å²) < 4.78 is 15.8. The number of hydrogen-bond donors (Lipinski definition) is 1. The van der Waals surface area contributed by atoms with Crippen LogP contribution in [-0.4, -0.2) is 36.9 Å². The molecule has 0 atom stereocenters. The van der Waals surface area contributed by atoms with E-state index in [9.17, 15) is 4.79 Å². The summed E-state index contributed by atoms with van der Waals surface area (Å²) in [4.78, 5) is 12.1. The summed E-state index contributed by atoms with van der Waals surface area (Å²) in [5.74, 6) is 1.57. The number of carbonyl (C=O) groups is 1. The van der Waals surface area contributed by atoms with Gasteiger partial charge in [0.2, 0.25) is 5.13 Å². The molecule has 0 unspecified atom stereocenters. The minimum Gasteiger partial charge on any atom is -0.497 e. The zero-order chi connectivity index (χ0) is 19.1. The number of amides is 1. The first-order valence-electron chi connectivity index (χ1n) is 8.19. The van der Waals surface area contributed by atoms with Crippen LogP contribution in [0.5, 0.6) is 17.2 Å². The van der Waals surface area contributed by atoms with Gasteiger partial charge in [-0.3, -0.25) is 10.1 Å². The Bertz CT molecular complexity index is 896. The van der Waals surface area contributed by atoms with Crippen LogP contribution in [0.3, 0.4) is 0 Å². The van der Waals surface area contributed by atoms with Crippen molar-refractivity contribution in [2.45, 2.75) is 6.42 Å². The molecule has 1 heterocycles. The predicted molar refractivity (Wildman–Crippen MR) is 103 cm³/mol. The maximum atomic E-state index is 12.1. The van der Waals surface area contributed by atoms with Crippen molar-refractivity contribution in [1.29, 1.82) is 0 Å². The van der Waals surface area contributed by atoms with Crippen LogP contribution in [-0.2, 0) is 11.2 Å². The van der Waals surface area contributed by atoms with Gasteiger partial charge in [0.1, 0.15) is 10.8 Å². The van der Waals surface area contributed by atoms with Crippen LogP contribution >= 0.6 is 11.3 Å². The van der Waals surface area contributed by atoms with Crippen LogP contribution in [0, 0.1) is 0 Å². The minimum absolute atomic E-state index is 0.145. The second-order valence-electron chi connectivity index (χ2n) is 5.51. The Hall–Kier alpha value is -3.13. The molecular formula is C19H19N3O4S. The lowest BCUT2D eigenvalue weighted by atomic mass is 10.1. The largest absolute Gasteiger partial charge is 0.497 e. The van der Waals surface area contributed by atoms with Crippen LogP contribution in [0.1, 0.15) is 10.6 Å². The lowest BCUT2D eigenvalue weighted by molar-refractivity contribution is -0.118. The molecule has 2 aromatic carbocycles. The van der Waals surface area contributed by atoms with Gasteiger partial charge in [0.25, 0.3) is 5.91 Å². The van der Waals surface area contributed by atoms with E-state index in [-0.39, 0.29) is 12.5 Å². The monoisotopic (exact) mass is 385 g/mol. The summed E-state index contributed by atoms with van der Waals surface area (Å²) in [7, 11) is 3.18. The van der Waals surface area contributed by atoms with Crippen molar-refractivity contribution < 1.29 is 19.0 Å². The number of nitrogens with zero attached hydrogens (tertiary/aromatic N) is 2. The number of nitrogens with one attached hydrogen (secondary N) is 1. The number of methoxy groups -OCH3 is 2. The lowest BCUT2D eigenvalue weighted by Crippen LogP contribution is -2.20. The summed E-state index contributed by atoms with van der Waals surface area (Å²) in [6.45, 7) is -0.145. The molecular weight excluding hydrogens is 366 g/mol. The predicted octanol–water partition coefficient (Wildman–Crippen LogP) is 3.16. The topological polar surface area (TPSA) is 82.6 Å². The highest BCUT2D eigenvalue weighted by molar-refractivity contribution is 7.15. The van der Waals surface area contributed by atoms with Gasteiger partial charge in [0, 0.05) is 6.42 Å². The molecule has 1 aromatic heterocycles. The van der Waals surface area contributed by atoms with E-state index in [2.05, 4.69) is 15.5 Å². The standard InChI is InChI=1S/C19H19N3O4S/c1-24-14-9-7-13(8-10-14)11-18-21-22-19(27-18)20-17(23)12-26-16-6-4-3-5-15(16)25-2/h3-10H,11-12H2,1-2H3,(H,20,22,23). The highest BCUT2D eigenvalue weighted by atomic mass is 32.1. The minimum atomic E-state index is -0.312. The summed E-state index contributed by atoms with van der Waals surface area (Å²) in [5, 5.41) is 12.1. The zero-order valence-electron chi connectivity index (χ0n) is 15.0. The van der Waals surface area contributed by atoms with Gasteiger partial charge in [-0.1, -0.05) is 35.6 Å². The molecule has 8 heteroatoms. The van der Waals surface area contributed by atoms with E-state index in [0.29, 0.717) is 23.1 Å². The summed E-state index contributed by atoms with van der Waals surface area (Å²) in [6.07, 6.45) is 0.634. The number of carbonyl (C=O) groups excluding carboxylic acids is 1. The van der Waals surface area contributed by atoms with Crippen LogP contribution in [0.15, 0.2) is 48.5 Å². The van der Waals surface area contributed by atoms with Crippen molar-refractivity contribution in [3.63, 3.8) is 0 Å². The van der Waals surface area contributed by atoms with Crippen LogP contribution in [0.25, 0.3) is 0 Å². The van der Waals surface area contributed by atoms with Gasteiger partial charge in [-0.2, -0.15) is 0 Å². The fourth-order valence-electron chi connectivity index (χ4n) is 2.33. The molecule has 0 aliphatic heterocycles. The molecule has 0 saturated heterocycles. The number of rotatable bonds is 8. The third-order valence-electron chi connectivity index (χ3n) is 3.66. The molecule has 3 aromatic rings. The third kappa shape index (κ3) is 5.18. The normalized spacial score (nSPS) is 10.3. The number of ether oxygens (including phenoxy) is 3. The summed E-state index contributed by atoms with van der Waals surface area (Å²) >= 11 is 1.33. The molecule has 0 bridgehead atoms. The molecule has 3 rings (SSSR count). The van der Waals surface area contributed by atoms with Gasteiger partial charge < -0.3 is 14.2 Å². The second kappa shape index (κ2) is 9.00. The first-order chi connectivity index (χ1) is 13.2. The number of para-hydroxylation sites is 2. The number of benzene rings is 2. The van der Waals surface area contributed by atoms with Crippen LogP contribution < -0.4 is 19.5 Å². The van der Waals surface area contributed by atoms with E-state index >= 15 is 0 Å². The molecule has 140 valence electrons. The highest BCUT2D eigenvalue weighted by Crippen LogP contribution is 2.26. The van der Waals surface area contributed by atoms with Crippen molar-refractivity contribution >= 4 is 22.4 Å². The van der Waals surface area contributed by atoms with Gasteiger partial charge in [-0.25, -0.2) is 0 Å². The maximum absolute atomic E-state index is 12.1. The Labute approximate surface area is 160 Å². The van der Waals surface area contributed by atoms with E-state index in [4.69, 9.17) is 14.2 Å². The Morgan fingerprint density at radius 2 is 1.74 bits per heavy atom. The lowest BCUT2D eigenvalue weighted by Gasteiger charge is -2.09. The van der Waals surface area contributed by atoms with Crippen molar-refractivity contribution in [1.82, 2.24) is 10.2 Å². The Balaban J connectivity index is 1.52. The van der Waals surface area contributed by atoms with Crippen molar-refractivity contribution in [3.05, 3.63) is 59.1 Å². The van der Waals surface area contributed by atoms with Crippen LogP contribution in [0.2, 0.25) is 0 Å². The van der Waals surface area contributed by atoms with Gasteiger partial charge in [-0.05, 0) is 29.8 Å². The maximum Gasteiger partial charge on any atom is 0.264 e. The average molecular weight is 385 g/mol. The fourth-order valence-corrected chi connectivity index (χ4v) is 3.12. The molecule has 1 N–H and O–H groups in total. The molecule has 1 amide bonds. The van der Waals surface area contributed by atoms with Crippen molar-refractivity contribution in [2.24, 2.45) is 0 Å². The van der Waals surface area contributed by atoms with Gasteiger partial charge in [0.05, 0.1) is 14.2 Å². The summed E-state index contributed by atoms with van der Waals surface area (Å²) in [5.41, 5.74) is 1.09. The SMILES string of the molecule is COc1ccc(Cc2nnc(NC(=O)COc3ccccc3OC)s2)cc1. The molecule has 7 nitrogen and oxygen atoms in total. The van der Waals surface area contributed by atoms with Gasteiger partial charge in [-0.15, -0.1) is 10.2 Å². The number of aromatic nitrogens is 2.